The number of hydrogen-bond acceptors (Lipinski definition) is 6. The molecule has 0 aliphatic heterocycles. The normalized spacial score (nSPS) is 10.5. The first-order chi connectivity index (χ1) is 11.5. The maximum absolute atomic E-state index is 6.19. The summed E-state index contributed by atoms with van der Waals surface area (Å²) in [4.78, 5) is 12.7. The number of halogens is 1. The number of pyridine rings is 1. The zero-order valence-corrected chi connectivity index (χ0v) is 14.1. The first kappa shape index (κ1) is 16.0. The van der Waals surface area contributed by atoms with Crippen molar-refractivity contribution in [1.29, 1.82) is 0 Å². The molecule has 4 N–H and O–H groups in total. The SMILES string of the molecule is Cc1ccc(Nc2ncnc(Nc3ncccc3C)c2N)cc1Cl. The Morgan fingerprint density at radius 2 is 1.67 bits per heavy atom. The molecule has 0 unspecified atom stereocenters. The van der Waals surface area contributed by atoms with Gasteiger partial charge in [-0.25, -0.2) is 15.0 Å². The van der Waals surface area contributed by atoms with Gasteiger partial charge in [0.05, 0.1) is 0 Å². The Bertz CT molecular complexity index is 881. The van der Waals surface area contributed by atoms with E-state index in [4.69, 9.17) is 17.3 Å². The van der Waals surface area contributed by atoms with Crippen LogP contribution in [0.15, 0.2) is 42.9 Å². The molecule has 122 valence electrons. The van der Waals surface area contributed by atoms with Gasteiger partial charge in [-0.3, -0.25) is 0 Å². The van der Waals surface area contributed by atoms with Crippen molar-refractivity contribution in [2.45, 2.75) is 13.8 Å². The molecule has 7 heteroatoms. The molecular weight excluding hydrogens is 324 g/mol. The van der Waals surface area contributed by atoms with E-state index in [-0.39, 0.29) is 0 Å². The summed E-state index contributed by atoms with van der Waals surface area (Å²) in [7, 11) is 0. The lowest BCUT2D eigenvalue weighted by molar-refractivity contribution is 1.15. The molecule has 0 saturated heterocycles. The lowest BCUT2D eigenvalue weighted by Crippen LogP contribution is -2.06. The van der Waals surface area contributed by atoms with Crippen LogP contribution < -0.4 is 16.4 Å². The molecule has 0 aliphatic carbocycles. The van der Waals surface area contributed by atoms with Gasteiger partial charge in [0.1, 0.15) is 17.8 Å². The van der Waals surface area contributed by atoms with E-state index in [9.17, 15) is 0 Å². The summed E-state index contributed by atoms with van der Waals surface area (Å²) in [6.07, 6.45) is 3.15. The van der Waals surface area contributed by atoms with Crippen molar-refractivity contribution in [2.75, 3.05) is 16.4 Å². The van der Waals surface area contributed by atoms with Gasteiger partial charge in [0.15, 0.2) is 11.6 Å². The van der Waals surface area contributed by atoms with E-state index in [0.29, 0.717) is 28.2 Å². The van der Waals surface area contributed by atoms with Crippen molar-refractivity contribution in [1.82, 2.24) is 15.0 Å². The molecule has 0 spiro atoms. The summed E-state index contributed by atoms with van der Waals surface area (Å²) in [5.74, 6) is 1.70. The molecule has 2 aromatic heterocycles. The Hall–Kier alpha value is -2.86. The second-order valence-corrected chi connectivity index (χ2v) is 5.77. The van der Waals surface area contributed by atoms with Gasteiger partial charge in [-0.2, -0.15) is 0 Å². The van der Waals surface area contributed by atoms with E-state index >= 15 is 0 Å². The van der Waals surface area contributed by atoms with Crippen LogP contribution in [-0.4, -0.2) is 15.0 Å². The molecule has 0 saturated carbocycles. The van der Waals surface area contributed by atoms with Crippen molar-refractivity contribution >= 4 is 40.4 Å². The van der Waals surface area contributed by atoms with Gasteiger partial charge in [0, 0.05) is 16.9 Å². The Labute approximate surface area is 145 Å². The maximum atomic E-state index is 6.19. The van der Waals surface area contributed by atoms with Crippen molar-refractivity contribution in [3.05, 3.63) is 59.0 Å². The molecule has 0 aliphatic rings. The first-order valence-corrected chi connectivity index (χ1v) is 7.74. The largest absolute Gasteiger partial charge is 0.393 e. The summed E-state index contributed by atoms with van der Waals surface area (Å²) in [5.41, 5.74) is 9.39. The highest BCUT2D eigenvalue weighted by Crippen LogP contribution is 2.29. The molecule has 0 atom stereocenters. The van der Waals surface area contributed by atoms with Gasteiger partial charge >= 0.3 is 0 Å². The van der Waals surface area contributed by atoms with Crippen LogP contribution in [0.1, 0.15) is 11.1 Å². The molecular formula is C17H17ClN6. The third kappa shape index (κ3) is 3.38. The lowest BCUT2D eigenvalue weighted by atomic mass is 10.2. The average molecular weight is 341 g/mol. The van der Waals surface area contributed by atoms with E-state index < -0.39 is 0 Å². The molecule has 0 bridgehead atoms. The van der Waals surface area contributed by atoms with E-state index in [0.717, 1.165) is 16.8 Å². The highest BCUT2D eigenvalue weighted by atomic mass is 35.5. The van der Waals surface area contributed by atoms with Crippen LogP contribution in [-0.2, 0) is 0 Å². The Balaban J connectivity index is 1.88. The predicted molar refractivity (Wildman–Crippen MR) is 98.2 cm³/mol. The van der Waals surface area contributed by atoms with Crippen LogP contribution in [0, 0.1) is 13.8 Å². The van der Waals surface area contributed by atoms with Crippen molar-refractivity contribution in [3.63, 3.8) is 0 Å². The lowest BCUT2D eigenvalue weighted by Gasteiger charge is -2.13. The molecule has 24 heavy (non-hydrogen) atoms. The van der Waals surface area contributed by atoms with Gasteiger partial charge in [-0.15, -0.1) is 0 Å². The smallest absolute Gasteiger partial charge is 0.160 e. The fourth-order valence-electron chi connectivity index (χ4n) is 2.13. The van der Waals surface area contributed by atoms with Gasteiger partial charge in [-0.1, -0.05) is 23.7 Å². The Kier molecular flexibility index (Phi) is 4.48. The number of aryl methyl sites for hydroxylation is 2. The van der Waals surface area contributed by atoms with Crippen LogP contribution >= 0.6 is 11.6 Å². The minimum Gasteiger partial charge on any atom is -0.393 e. The minimum absolute atomic E-state index is 0.402. The minimum atomic E-state index is 0.402. The number of rotatable bonds is 4. The average Bonchev–Trinajstić information content (AvgIpc) is 2.57. The number of anilines is 5. The molecule has 3 rings (SSSR count). The van der Waals surface area contributed by atoms with Crippen LogP contribution in [0.2, 0.25) is 5.02 Å². The van der Waals surface area contributed by atoms with Crippen molar-refractivity contribution < 1.29 is 0 Å². The van der Waals surface area contributed by atoms with Crippen LogP contribution in [0.3, 0.4) is 0 Å². The number of nitrogens with one attached hydrogen (secondary N) is 2. The second-order valence-electron chi connectivity index (χ2n) is 5.37. The fourth-order valence-corrected chi connectivity index (χ4v) is 2.31. The van der Waals surface area contributed by atoms with Crippen molar-refractivity contribution in [3.8, 4) is 0 Å². The molecule has 6 nitrogen and oxygen atoms in total. The first-order valence-electron chi connectivity index (χ1n) is 7.37. The Morgan fingerprint density at radius 3 is 2.38 bits per heavy atom. The van der Waals surface area contributed by atoms with Crippen LogP contribution in [0.25, 0.3) is 0 Å². The predicted octanol–water partition coefficient (Wildman–Crippen LogP) is 4.21. The second kappa shape index (κ2) is 6.72. The molecule has 1 aromatic carbocycles. The van der Waals surface area contributed by atoms with Gasteiger partial charge in [0.2, 0.25) is 0 Å². The summed E-state index contributed by atoms with van der Waals surface area (Å²) >= 11 is 6.15. The van der Waals surface area contributed by atoms with E-state index in [1.54, 1.807) is 6.20 Å². The third-order valence-corrected chi connectivity index (χ3v) is 3.97. The third-order valence-electron chi connectivity index (χ3n) is 3.56. The zero-order chi connectivity index (χ0) is 17.1. The standard InChI is InChI=1S/C17H17ClN6/c1-10-5-6-12(8-13(10)18)23-16-14(19)17(22-9-21-16)24-15-11(2)4-3-7-20-15/h3-9H,19H2,1-2H3,(H2,20,21,22,23,24). The van der Waals surface area contributed by atoms with Crippen molar-refractivity contribution in [2.24, 2.45) is 0 Å². The zero-order valence-electron chi connectivity index (χ0n) is 13.3. The Morgan fingerprint density at radius 1 is 0.917 bits per heavy atom. The molecule has 3 aromatic rings. The summed E-state index contributed by atoms with van der Waals surface area (Å²) < 4.78 is 0. The fraction of sp³-hybridized carbons (Fsp3) is 0.118. The van der Waals surface area contributed by atoms with E-state index in [2.05, 4.69) is 25.6 Å². The number of aromatic nitrogens is 3. The molecule has 0 fully saturated rings. The number of hydrogen-bond donors (Lipinski definition) is 3. The highest BCUT2D eigenvalue weighted by molar-refractivity contribution is 6.31. The summed E-state index contributed by atoms with van der Waals surface area (Å²) in [6, 6.07) is 9.50. The number of benzene rings is 1. The monoisotopic (exact) mass is 340 g/mol. The van der Waals surface area contributed by atoms with Gasteiger partial charge in [0.25, 0.3) is 0 Å². The summed E-state index contributed by atoms with van der Waals surface area (Å²) in [6.45, 7) is 3.91. The topological polar surface area (TPSA) is 88.8 Å². The van der Waals surface area contributed by atoms with Gasteiger partial charge < -0.3 is 16.4 Å². The summed E-state index contributed by atoms with van der Waals surface area (Å²) in [5, 5.41) is 6.97. The highest BCUT2D eigenvalue weighted by Gasteiger charge is 2.10. The quantitative estimate of drug-likeness (QED) is 0.659. The molecule has 0 radical (unpaired) electrons. The number of nitrogen functional groups attached to an aromatic ring is 1. The van der Waals surface area contributed by atoms with E-state index in [1.807, 2.05) is 44.2 Å². The van der Waals surface area contributed by atoms with E-state index in [1.165, 1.54) is 6.33 Å². The number of nitrogens with two attached hydrogens (primary N) is 1. The molecule has 0 amide bonds. The maximum Gasteiger partial charge on any atom is 0.160 e. The van der Waals surface area contributed by atoms with Crippen LogP contribution in [0.5, 0.6) is 0 Å². The molecule has 2 heterocycles. The van der Waals surface area contributed by atoms with Crippen LogP contribution in [0.4, 0.5) is 28.8 Å². The van der Waals surface area contributed by atoms with Gasteiger partial charge in [-0.05, 0) is 43.2 Å². The number of nitrogens with zero attached hydrogens (tertiary/aromatic N) is 3.